The van der Waals surface area contributed by atoms with Crippen LogP contribution in [0, 0.1) is 0 Å². The molecule has 158 valence electrons. The molecule has 0 aliphatic carbocycles. The molecule has 8 heteroatoms. The highest BCUT2D eigenvalue weighted by atomic mass is 32.2. The number of aromatic amines is 1. The van der Waals surface area contributed by atoms with E-state index in [4.69, 9.17) is 4.74 Å². The Balaban J connectivity index is 1.33. The fraction of sp³-hybridized carbons (Fsp3) is 0.364. The maximum Gasteiger partial charge on any atom is 0.178 e. The first-order valence-electron chi connectivity index (χ1n) is 10.2. The third kappa shape index (κ3) is 5.25. The normalized spacial score (nSPS) is 14.8. The van der Waals surface area contributed by atoms with Crippen LogP contribution in [0.1, 0.15) is 24.8 Å². The molecule has 1 saturated heterocycles. The van der Waals surface area contributed by atoms with Crippen molar-refractivity contribution in [3.8, 4) is 17.1 Å². The largest absolute Gasteiger partial charge is 0.487 e. The molecule has 3 heterocycles. The minimum absolute atomic E-state index is 0.173. The summed E-state index contributed by atoms with van der Waals surface area (Å²) in [4.78, 5) is 7.06. The van der Waals surface area contributed by atoms with Gasteiger partial charge in [-0.25, -0.2) is 8.42 Å². The fourth-order valence-corrected chi connectivity index (χ4v) is 4.98. The Morgan fingerprint density at radius 2 is 1.97 bits per heavy atom. The Morgan fingerprint density at radius 3 is 2.70 bits per heavy atom. The highest BCUT2D eigenvalue weighted by Gasteiger charge is 2.17. The molecule has 0 unspecified atom stereocenters. The zero-order valence-corrected chi connectivity index (χ0v) is 17.6. The van der Waals surface area contributed by atoms with Crippen LogP contribution in [-0.2, 0) is 16.4 Å². The third-order valence-electron chi connectivity index (χ3n) is 5.26. The molecule has 0 atom stereocenters. The van der Waals surface area contributed by atoms with Crippen LogP contribution in [0.4, 0.5) is 0 Å². The van der Waals surface area contributed by atoms with Crippen molar-refractivity contribution in [2.45, 2.75) is 30.8 Å². The first-order valence-corrected chi connectivity index (χ1v) is 11.9. The number of benzene rings is 1. The quantitative estimate of drug-likeness (QED) is 0.565. The lowest BCUT2D eigenvalue weighted by Crippen LogP contribution is -2.22. The number of rotatable bonds is 9. The van der Waals surface area contributed by atoms with Crippen LogP contribution >= 0.6 is 0 Å². The second-order valence-corrected chi connectivity index (χ2v) is 9.62. The Hall–Kier alpha value is -2.71. The first-order chi connectivity index (χ1) is 14.6. The van der Waals surface area contributed by atoms with Crippen LogP contribution in [0.25, 0.3) is 11.4 Å². The van der Waals surface area contributed by atoms with E-state index in [1.54, 1.807) is 30.6 Å². The summed E-state index contributed by atoms with van der Waals surface area (Å²) in [6.07, 6.45) is 6.42. The van der Waals surface area contributed by atoms with E-state index in [1.165, 1.54) is 12.8 Å². The van der Waals surface area contributed by atoms with Crippen LogP contribution < -0.4 is 4.74 Å². The maximum atomic E-state index is 12.7. The number of sulfone groups is 1. The molecule has 3 aromatic rings. The van der Waals surface area contributed by atoms with Gasteiger partial charge in [-0.2, -0.15) is 5.10 Å². The van der Waals surface area contributed by atoms with Gasteiger partial charge in [-0.15, -0.1) is 0 Å². The lowest BCUT2D eigenvalue weighted by Gasteiger charge is -2.14. The van der Waals surface area contributed by atoms with E-state index in [9.17, 15) is 8.42 Å². The van der Waals surface area contributed by atoms with Gasteiger partial charge in [0.25, 0.3) is 0 Å². The zero-order valence-electron chi connectivity index (χ0n) is 16.8. The van der Waals surface area contributed by atoms with E-state index in [0.717, 1.165) is 36.6 Å². The molecule has 0 bridgehead atoms. The molecular weight excluding hydrogens is 400 g/mol. The molecule has 30 heavy (non-hydrogen) atoms. The van der Waals surface area contributed by atoms with Gasteiger partial charge < -0.3 is 9.64 Å². The van der Waals surface area contributed by atoms with E-state index in [1.807, 2.05) is 24.3 Å². The second kappa shape index (κ2) is 9.40. The molecular formula is C22H26N4O3S. The lowest BCUT2D eigenvalue weighted by molar-refractivity contribution is 0.305. The summed E-state index contributed by atoms with van der Waals surface area (Å²) in [5.41, 5.74) is 2.43. The Bertz CT molecular complexity index is 1040. The van der Waals surface area contributed by atoms with Gasteiger partial charge in [0.15, 0.2) is 9.84 Å². The SMILES string of the molecule is O=S(=O)(CCCN1CCCC1)c1cccc(COc2ccc(-c3ccn[nH]3)nc2)c1. The summed E-state index contributed by atoms with van der Waals surface area (Å²) in [7, 11) is -3.29. The molecule has 0 spiro atoms. The topological polar surface area (TPSA) is 88.2 Å². The highest BCUT2D eigenvalue weighted by molar-refractivity contribution is 7.91. The second-order valence-electron chi connectivity index (χ2n) is 7.51. The number of nitrogens with zero attached hydrogens (tertiary/aromatic N) is 3. The molecule has 0 radical (unpaired) electrons. The molecule has 1 aromatic carbocycles. The fourth-order valence-electron chi connectivity index (χ4n) is 3.62. The monoisotopic (exact) mass is 426 g/mol. The zero-order chi connectivity index (χ0) is 20.8. The van der Waals surface area contributed by atoms with E-state index in [0.29, 0.717) is 17.1 Å². The molecule has 4 rings (SSSR count). The molecule has 1 N–H and O–H groups in total. The predicted molar refractivity (Wildman–Crippen MR) is 115 cm³/mol. The number of likely N-dealkylation sites (tertiary alicyclic amines) is 1. The smallest absolute Gasteiger partial charge is 0.178 e. The van der Waals surface area contributed by atoms with Crippen LogP contribution in [-0.4, -0.2) is 53.9 Å². The molecule has 1 aliphatic rings. The summed E-state index contributed by atoms with van der Waals surface area (Å²) in [5.74, 6) is 0.796. The van der Waals surface area contributed by atoms with Crippen molar-refractivity contribution in [3.63, 3.8) is 0 Å². The van der Waals surface area contributed by atoms with Gasteiger partial charge >= 0.3 is 0 Å². The molecule has 7 nitrogen and oxygen atoms in total. The molecule has 1 aliphatic heterocycles. The first kappa shape index (κ1) is 20.6. The van der Waals surface area contributed by atoms with Crippen molar-refractivity contribution < 1.29 is 13.2 Å². The summed E-state index contributed by atoms with van der Waals surface area (Å²) < 4.78 is 31.2. The van der Waals surface area contributed by atoms with Crippen molar-refractivity contribution in [2.75, 3.05) is 25.4 Å². The number of nitrogens with one attached hydrogen (secondary N) is 1. The van der Waals surface area contributed by atoms with Crippen LogP contribution in [0.5, 0.6) is 5.75 Å². The van der Waals surface area contributed by atoms with Crippen molar-refractivity contribution >= 4 is 9.84 Å². The standard InChI is InChI=1S/C22H26N4O3S/c27-30(28,14-4-13-26-11-1-2-12-26)20-6-3-5-18(15-20)17-29-19-7-8-21(23-16-19)22-9-10-24-25-22/h3,5-10,15-16H,1-2,4,11-14,17H2,(H,24,25). The van der Waals surface area contributed by atoms with E-state index < -0.39 is 9.84 Å². The van der Waals surface area contributed by atoms with Gasteiger partial charge in [0.1, 0.15) is 12.4 Å². The van der Waals surface area contributed by atoms with Crippen molar-refractivity contribution in [1.29, 1.82) is 0 Å². The average Bonchev–Trinajstić information content (AvgIpc) is 3.47. The molecule has 2 aromatic heterocycles. The number of aromatic nitrogens is 3. The molecule has 0 amide bonds. The Labute approximate surface area is 177 Å². The third-order valence-corrected chi connectivity index (χ3v) is 7.06. The highest BCUT2D eigenvalue weighted by Crippen LogP contribution is 2.20. The number of hydrogen-bond acceptors (Lipinski definition) is 6. The number of ether oxygens (including phenoxy) is 1. The van der Waals surface area contributed by atoms with Gasteiger partial charge in [-0.3, -0.25) is 10.1 Å². The number of pyridine rings is 1. The van der Waals surface area contributed by atoms with Gasteiger partial charge in [0, 0.05) is 6.20 Å². The lowest BCUT2D eigenvalue weighted by atomic mass is 10.2. The molecule has 1 fully saturated rings. The minimum Gasteiger partial charge on any atom is -0.487 e. The Morgan fingerprint density at radius 1 is 1.10 bits per heavy atom. The predicted octanol–water partition coefficient (Wildman–Crippen LogP) is 3.31. The van der Waals surface area contributed by atoms with Gasteiger partial charge in [0.2, 0.25) is 0 Å². The number of H-pyrrole nitrogens is 1. The molecule has 0 saturated carbocycles. The maximum absolute atomic E-state index is 12.7. The van der Waals surface area contributed by atoms with Crippen LogP contribution in [0.15, 0.2) is 59.8 Å². The summed E-state index contributed by atoms with van der Waals surface area (Å²) >= 11 is 0. The average molecular weight is 427 g/mol. The summed E-state index contributed by atoms with van der Waals surface area (Å²) in [6, 6.07) is 12.5. The summed E-state index contributed by atoms with van der Waals surface area (Å²) in [5, 5.41) is 6.78. The van der Waals surface area contributed by atoms with E-state index in [-0.39, 0.29) is 12.4 Å². The van der Waals surface area contributed by atoms with E-state index in [2.05, 4.69) is 20.1 Å². The van der Waals surface area contributed by atoms with Crippen LogP contribution in [0.2, 0.25) is 0 Å². The van der Waals surface area contributed by atoms with Gasteiger partial charge in [0.05, 0.1) is 28.2 Å². The van der Waals surface area contributed by atoms with Gasteiger partial charge in [-0.05, 0) is 74.8 Å². The van der Waals surface area contributed by atoms with Crippen LogP contribution in [0.3, 0.4) is 0 Å². The Kier molecular flexibility index (Phi) is 6.44. The van der Waals surface area contributed by atoms with Gasteiger partial charge in [-0.1, -0.05) is 12.1 Å². The van der Waals surface area contributed by atoms with Crippen molar-refractivity contribution in [3.05, 3.63) is 60.4 Å². The number of hydrogen-bond donors (Lipinski definition) is 1. The van der Waals surface area contributed by atoms with Crippen molar-refractivity contribution in [1.82, 2.24) is 20.1 Å². The van der Waals surface area contributed by atoms with Crippen molar-refractivity contribution in [2.24, 2.45) is 0 Å². The van der Waals surface area contributed by atoms with E-state index >= 15 is 0 Å². The minimum atomic E-state index is -3.29. The summed E-state index contributed by atoms with van der Waals surface area (Å²) in [6.45, 7) is 3.31.